The maximum atomic E-state index is 11.6. The zero-order valence-corrected chi connectivity index (χ0v) is 12.3. The van der Waals surface area contributed by atoms with Crippen LogP contribution in [0.3, 0.4) is 0 Å². The van der Waals surface area contributed by atoms with Crippen LogP contribution < -0.4 is 10.6 Å². The summed E-state index contributed by atoms with van der Waals surface area (Å²) >= 11 is 0. The van der Waals surface area contributed by atoms with Gasteiger partial charge in [-0.25, -0.2) is 0 Å². The highest BCUT2D eigenvalue weighted by Gasteiger charge is 2.31. The van der Waals surface area contributed by atoms with Crippen molar-refractivity contribution in [1.82, 2.24) is 10.6 Å². The smallest absolute Gasteiger partial charge is 0.234 e. The molecule has 17 heavy (non-hydrogen) atoms. The summed E-state index contributed by atoms with van der Waals surface area (Å²) in [5.41, 5.74) is 0. The second-order valence-electron chi connectivity index (χ2n) is 5.53. The number of hydrogen-bond acceptors (Lipinski definition) is 2. The molecule has 1 rings (SSSR count). The average Bonchev–Trinajstić information content (AvgIpc) is 2.17. The first-order valence-corrected chi connectivity index (χ1v) is 6.48. The van der Waals surface area contributed by atoms with Gasteiger partial charge in [-0.05, 0) is 37.6 Å². The summed E-state index contributed by atoms with van der Waals surface area (Å²) in [6.07, 6.45) is 3.70. The maximum Gasteiger partial charge on any atom is 0.234 e. The Bertz CT molecular complexity index is 233. The topological polar surface area (TPSA) is 41.1 Å². The number of rotatable bonds is 4. The zero-order chi connectivity index (χ0) is 12.1. The Hall–Kier alpha value is -0.280. The summed E-state index contributed by atoms with van der Waals surface area (Å²) in [6.45, 7) is 7.24. The number of likely N-dealkylation sites (N-methyl/N-ethyl adjacent to an activating group) is 1. The van der Waals surface area contributed by atoms with E-state index in [1.165, 1.54) is 12.8 Å². The first kappa shape index (κ1) is 16.7. The summed E-state index contributed by atoms with van der Waals surface area (Å²) in [5.74, 6) is 2.19. The van der Waals surface area contributed by atoms with Crippen LogP contribution in [0.4, 0.5) is 0 Å². The normalized spacial score (nSPS) is 28.6. The van der Waals surface area contributed by atoms with Gasteiger partial charge in [0.05, 0.1) is 6.54 Å². The van der Waals surface area contributed by atoms with Gasteiger partial charge < -0.3 is 10.6 Å². The molecule has 3 atom stereocenters. The van der Waals surface area contributed by atoms with Crippen LogP contribution in [0, 0.1) is 17.8 Å². The van der Waals surface area contributed by atoms with Crippen LogP contribution in [-0.4, -0.2) is 25.5 Å². The molecule has 2 N–H and O–H groups in total. The van der Waals surface area contributed by atoms with E-state index in [9.17, 15) is 4.79 Å². The van der Waals surface area contributed by atoms with Crippen molar-refractivity contribution in [3.8, 4) is 0 Å². The molecule has 3 unspecified atom stereocenters. The van der Waals surface area contributed by atoms with E-state index in [-0.39, 0.29) is 18.3 Å². The van der Waals surface area contributed by atoms with Crippen molar-refractivity contribution < 1.29 is 4.79 Å². The quantitative estimate of drug-likeness (QED) is 0.816. The van der Waals surface area contributed by atoms with Crippen LogP contribution in [-0.2, 0) is 4.79 Å². The number of hydrogen-bond donors (Lipinski definition) is 2. The highest BCUT2D eigenvalue weighted by Crippen LogP contribution is 2.33. The number of halogens is 1. The van der Waals surface area contributed by atoms with Crippen LogP contribution in [0.5, 0.6) is 0 Å². The monoisotopic (exact) mass is 262 g/mol. The Morgan fingerprint density at radius 1 is 1.35 bits per heavy atom. The Morgan fingerprint density at radius 3 is 2.53 bits per heavy atom. The van der Waals surface area contributed by atoms with Gasteiger partial charge >= 0.3 is 0 Å². The highest BCUT2D eigenvalue weighted by molar-refractivity contribution is 5.85. The lowest BCUT2D eigenvalue weighted by Gasteiger charge is -2.37. The van der Waals surface area contributed by atoms with Gasteiger partial charge in [0.2, 0.25) is 5.91 Å². The highest BCUT2D eigenvalue weighted by atomic mass is 35.5. The third-order valence-electron chi connectivity index (χ3n) is 3.71. The van der Waals surface area contributed by atoms with E-state index in [2.05, 4.69) is 31.4 Å². The zero-order valence-electron chi connectivity index (χ0n) is 11.5. The molecule has 0 aromatic heterocycles. The fourth-order valence-corrected chi connectivity index (χ4v) is 2.79. The molecule has 3 nitrogen and oxygen atoms in total. The van der Waals surface area contributed by atoms with Crippen molar-refractivity contribution in [2.45, 2.75) is 46.1 Å². The van der Waals surface area contributed by atoms with E-state index in [0.717, 1.165) is 12.3 Å². The molecule has 1 fully saturated rings. The van der Waals surface area contributed by atoms with Crippen LogP contribution in [0.1, 0.15) is 40.0 Å². The minimum Gasteiger partial charge on any atom is -0.352 e. The largest absolute Gasteiger partial charge is 0.352 e. The Kier molecular flexibility index (Phi) is 7.80. The minimum absolute atomic E-state index is 0. The molecule has 0 saturated heterocycles. The fourth-order valence-electron chi connectivity index (χ4n) is 2.79. The SMILES string of the molecule is CNCC(=O)NC1CC(C)CCC1C(C)C.Cl. The summed E-state index contributed by atoms with van der Waals surface area (Å²) in [5, 5.41) is 6.08. The van der Waals surface area contributed by atoms with Gasteiger partial charge in [0.25, 0.3) is 0 Å². The van der Waals surface area contributed by atoms with Gasteiger partial charge in [-0.2, -0.15) is 0 Å². The van der Waals surface area contributed by atoms with Gasteiger partial charge in [-0.3, -0.25) is 4.79 Å². The molecule has 0 spiro atoms. The maximum absolute atomic E-state index is 11.6. The van der Waals surface area contributed by atoms with E-state index >= 15 is 0 Å². The number of carbonyl (C=O) groups excluding carboxylic acids is 1. The van der Waals surface area contributed by atoms with E-state index in [1.807, 2.05) is 7.05 Å². The summed E-state index contributed by atoms with van der Waals surface area (Å²) in [4.78, 5) is 11.6. The third kappa shape index (κ3) is 5.26. The molecule has 1 aliphatic carbocycles. The predicted molar refractivity (Wildman–Crippen MR) is 74.4 cm³/mol. The molecule has 0 radical (unpaired) electrons. The van der Waals surface area contributed by atoms with Crippen LogP contribution in [0.25, 0.3) is 0 Å². The van der Waals surface area contributed by atoms with E-state index in [4.69, 9.17) is 0 Å². The van der Waals surface area contributed by atoms with Crippen LogP contribution in [0.2, 0.25) is 0 Å². The molecule has 0 aromatic rings. The van der Waals surface area contributed by atoms with Crippen molar-refractivity contribution in [2.24, 2.45) is 17.8 Å². The molecule has 1 aliphatic rings. The van der Waals surface area contributed by atoms with Crippen molar-refractivity contribution in [1.29, 1.82) is 0 Å². The lowest BCUT2D eigenvalue weighted by atomic mass is 9.74. The first-order chi connectivity index (χ1) is 7.54. The standard InChI is InChI=1S/C13H26N2O.ClH/c1-9(2)11-6-5-10(3)7-12(11)15-13(16)8-14-4;/h9-12,14H,5-8H2,1-4H3,(H,15,16);1H. The molecule has 0 heterocycles. The molecule has 0 bridgehead atoms. The van der Waals surface area contributed by atoms with Gasteiger partial charge in [0, 0.05) is 6.04 Å². The lowest BCUT2D eigenvalue weighted by Crippen LogP contribution is -2.47. The van der Waals surface area contributed by atoms with E-state index in [0.29, 0.717) is 24.4 Å². The molecular formula is C13H27ClN2O. The van der Waals surface area contributed by atoms with E-state index in [1.54, 1.807) is 0 Å². The number of nitrogens with one attached hydrogen (secondary N) is 2. The number of carbonyl (C=O) groups is 1. The van der Waals surface area contributed by atoms with Gasteiger partial charge in [0.1, 0.15) is 0 Å². The second kappa shape index (κ2) is 7.93. The van der Waals surface area contributed by atoms with Crippen molar-refractivity contribution in [2.75, 3.05) is 13.6 Å². The molecule has 1 amide bonds. The summed E-state index contributed by atoms with van der Waals surface area (Å²) < 4.78 is 0. The molecular weight excluding hydrogens is 236 g/mol. The Morgan fingerprint density at radius 2 is 2.00 bits per heavy atom. The van der Waals surface area contributed by atoms with Gasteiger partial charge in [-0.15, -0.1) is 12.4 Å². The molecule has 4 heteroatoms. The van der Waals surface area contributed by atoms with Gasteiger partial charge in [-0.1, -0.05) is 27.2 Å². The predicted octanol–water partition coefficient (Wildman–Crippen LogP) is 2.20. The average molecular weight is 263 g/mol. The fraction of sp³-hybridized carbons (Fsp3) is 0.923. The Labute approximate surface area is 112 Å². The first-order valence-electron chi connectivity index (χ1n) is 6.48. The number of amides is 1. The van der Waals surface area contributed by atoms with Crippen molar-refractivity contribution in [3.05, 3.63) is 0 Å². The molecule has 0 aliphatic heterocycles. The molecule has 1 saturated carbocycles. The minimum atomic E-state index is 0. The molecule has 0 aromatic carbocycles. The van der Waals surface area contributed by atoms with Crippen LogP contribution >= 0.6 is 12.4 Å². The third-order valence-corrected chi connectivity index (χ3v) is 3.71. The molecule has 102 valence electrons. The van der Waals surface area contributed by atoms with E-state index < -0.39 is 0 Å². The van der Waals surface area contributed by atoms with Crippen LogP contribution in [0.15, 0.2) is 0 Å². The van der Waals surface area contributed by atoms with Crippen molar-refractivity contribution in [3.63, 3.8) is 0 Å². The lowest BCUT2D eigenvalue weighted by molar-refractivity contribution is -0.121. The van der Waals surface area contributed by atoms with Crippen molar-refractivity contribution >= 4 is 18.3 Å². The summed E-state index contributed by atoms with van der Waals surface area (Å²) in [7, 11) is 1.81. The Balaban J connectivity index is 0.00000256. The van der Waals surface area contributed by atoms with Gasteiger partial charge in [0.15, 0.2) is 0 Å². The second-order valence-corrected chi connectivity index (χ2v) is 5.53. The summed E-state index contributed by atoms with van der Waals surface area (Å²) in [6, 6.07) is 0.379.